The van der Waals surface area contributed by atoms with Gasteiger partial charge in [-0.2, -0.15) is 0 Å². The van der Waals surface area contributed by atoms with Crippen molar-refractivity contribution in [1.29, 1.82) is 0 Å². The molecule has 1 aromatic rings. The molecule has 1 nitrogen and oxygen atoms in total. The molecule has 1 rings (SSSR count). The number of hydrogen-bond acceptors (Lipinski definition) is 0. The Morgan fingerprint density at radius 3 is 1.70 bits per heavy atom. The maximum Gasteiger partial charge on any atom is 0.104 e. The molecule has 0 atom stereocenters. The van der Waals surface area contributed by atoms with Gasteiger partial charge in [-0.3, -0.25) is 0 Å². The van der Waals surface area contributed by atoms with Crippen LogP contribution in [0.4, 0.5) is 0 Å². The van der Waals surface area contributed by atoms with Gasteiger partial charge in [0.05, 0.1) is 19.6 Å². The lowest BCUT2D eigenvalue weighted by atomic mass is 10.1. The predicted octanol–water partition coefficient (Wildman–Crippen LogP) is 6.57. The normalized spacial score (nSPS) is 11.8. The molecule has 0 aliphatic rings. The monoisotopic (exact) mass is 318 g/mol. The molecule has 0 fully saturated rings. The maximum absolute atomic E-state index is 2.36. The van der Waals surface area contributed by atoms with E-state index in [4.69, 9.17) is 0 Å². The van der Waals surface area contributed by atoms with E-state index in [1.165, 1.54) is 94.0 Å². The molecule has 0 heterocycles. The fraction of sp³-hybridized carbons (Fsp3) is 0.727. The predicted molar refractivity (Wildman–Crippen MR) is 104 cm³/mol. The van der Waals surface area contributed by atoms with Crippen LogP contribution in [0.2, 0.25) is 0 Å². The van der Waals surface area contributed by atoms with Gasteiger partial charge in [0.25, 0.3) is 0 Å². The zero-order valence-electron chi connectivity index (χ0n) is 16.0. The number of unbranched alkanes of at least 4 members (excludes halogenated alkanes) is 8. The van der Waals surface area contributed by atoms with Crippen molar-refractivity contribution in [3.8, 4) is 0 Å². The van der Waals surface area contributed by atoms with Crippen LogP contribution in [0.25, 0.3) is 0 Å². The molecule has 132 valence electrons. The summed E-state index contributed by atoms with van der Waals surface area (Å²) in [6, 6.07) is 11.0. The lowest BCUT2D eigenvalue weighted by Gasteiger charge is -2.37. The van der Waals surface area contributed by atoms with Gasteiger partial charge in [0.1, 0.15) is 6.54 Å². The maximum atomic E-state index is 2.36. The Morgan fingerprint density at radius 1 is 0.652 bits per heavy atom. The van der Waals surface area contributed by atoms with Crippen molar-refractivity contribution >= 4 is 0 Å². The van der Waals surface area contributed by atoms with E-state index >= 15 is 0 Å². The highest BCUT2D eigenvalue weighted by atomic mass is 15.3. The molecular formula is C22H40N+. The van der Waals surface area contributed by atoms with E-state index < -0.39 is 0 Å². The van der Waals surface area contributed by atoms with Crippen LogP contribution in [-0.4, -0.2) is 24.1 Å². The van der Waals surface area contributed by atoms with Crippen LogP contribution in [0.15, 0.2) is 30.3 Å². The van der Waals surface area contributed by atoms with Gasteiger partial charge in [0.15, 0.2) is 0 Å². The lowest BCUT2D eigenvalue weighted by Crippen LogP contribution is -2.47. The largest absolute Gasteiger partial charge is 0.320 e. The molecule has 0 amide bonds. The second kappa shape index (κ2) is 12.6. The fourth-order valence-electron chi connectivity index (χ4n) is 3.57. The van der Waals surface area contributed by atoms with E-state index in [1.54, 1.807) is 0 Å². The van der Waals surface area contributed by atoms with Crippen molar-refractivity contribution in [2.45, 2.75) is 85.1 Å². The zero-order valence-corrected chi connectivity index (χ0v) is 16.0. The first-order valence-electron chi connectivity index (χ1n) is 10.2. The summed E-state index contributed by atoms with van der Waals surface area (Å²) in [7, 11) is 0. The summed E-state index contributed by atoms with van der Waals surface area (Å²) >= 11 is 0. The van der Waals surface area contributed by atoms with Crippen LogP contribution in [0.1, 0.15) is 84.1 Å². The summed E-state index contributed by atoms with van der Waals surface area (Å²) in [5.41, 5.74) is 1.49. The molecule has 0 bridgehead atoms. The average Bonchev–Trinajstić information content (AvgIpc) is 2.60. The highest BCUT2D eigenvalue weighted by molar-refractivity contribution is 5.13. The molecule has 1 aromatic carbocycles. The molecule has 0 aromatic heterocycles. The third kappa shape index (κ3) is 8.55. The lowest BCUT2D eigenvalue weighted by molar-refractivity contribution is -0.938. The Kier molecular flexibility index (Phi) is 11.1. The van der Waals surface area contributed by atoms with Gasteiger partial charge in [-0.05, 0) is 26.7 Å². The van der Waals surface area contributed by atoms with Crippen molar-refractivity contribution in [1.82, 2.24) is 0 Å². The molecular weight excluding hydrogens is 278 g/mol. The van der Waals surface area contributed by atoms with Crippen molar-refractivity contribution < 1.29 is 4.48 Å². The Balaban J connectivity index is 2.22. The average molecular weight is 319 g/mol. The third-order valence-electron chi connectivity index (χ3n) is 5.44. The number of nitrogens with zero attached hydrogens (tertiary/aromatic N) is 1. The molecule has 0 aliphatic heterocycles. The minimum Gasteiger partial charge on any atom is -0.320 e. The van der Waals surface area contributed by atoms with E-state index in [0.29, 0.717) is 0 Å². The van der Waals surface area contributed by atoms with E-state index in [2.05, 4.69) is 51.1 Å². The van der Waals surface area contributed by atoms with Gasteiger partial charge in [-0.25, -0.2) is 0 Å². The minimum absolute atomic E-state index is 1.20. The molecule has 0 aliphatic carbocycles. The van der Waals surface area contributed by atoms with E-state index in [9.17, 15) is 0 Å². The van der Waals surface area contributed by atoms with Crippen LogP contribution >= 0.6 is 0 Å². The molecule has 23 heavy (non-hydrogen) atoms. The molecule has 1 heteroatoms. The molecule has 0 radical (unpaired) electrons. The van der Waals surface area contributed by atoms with Gasteiger partial charge in [-0.1, -0.05) is 82.2 Å². The highest BCUT2D eigenvalue weighted by Gasteiger charge is 2.22. The standard InChI is InChI=1S/C22H40N/c1-4-7-8-9-10-11-12-13-17-20-23(5-2,6-3)21-22-18-15-14-16-19-22/h14-16,18-19H,4-13,17,20-21H2,1-3H3/q+1. The van der Waals surface area contributed by atoms with Crippen LogP contribution < -0.4 is 0 Å². The fourth-order valence-corrected chi connectivity index (χ4v) is 3.57. The SMILES string of the molecule is CCCCCCCCCCC[N+](CC)(CC)Cc1ccccc1. The quantitative estimate of drug-likeness (QED) is 0.269. The number of quaternary nitrogens is 1. The first-order chi connectivity index (χ1) is 11.3. The molecule has 0 N–H and O–H groups in total. The van der Waals surface area contributed by atoms with Crippen molar-refractivity contribution in [3.05, 3.63) is 35.9 Å². The summed E-state index contributed by atoms with van der Waals surface area (Å²) in [4.78, 5) is 0. The minimum atomic E-state index is 1.20. The number of hydrogen-bond donors (Lipinski definition) is 0. The van der Waals surface area contributed by atoms with Crippen LogP contribution in [0.3, 0.4) is 0 Å². The van der Waals surface area contributed by atoms with Gasteiger partial charge >= 0.3 is 0 Å². The van der Waals surface area contributed by atoms with Gasteiger partial charge in [0, 0.05) is 5.56 Å². The first-order valence-corrected chi connectivity index (χ1v) is 10.2. The number of benzene rings is 1. The second-order valence-corrected chi connectivity index (χ2v) is 7.17. The van der Waals surface area contributed by atoms with Crippen LogP contribution in [-0.2, 0) is 6.54 Å². The van der Waals surface area contributed by atoms with Crippen LogP contribution in [0.5, 0.6) is 0 Å². The first kappa shape index (κ1) is 20.2. The van der Waals surface area contributed by atoms with Gasteiger partial charge < -0.3 is 4.48 Å². The zero-order chi connectivity index (χ0) is 16.8. The van der Waals surface area contributed by atoms with Gasteiger partial charge in [0.2, 0.25) is 0 Å². The summed E-state index contributed by atoms with van der Waals surface area (Å²) in [6.07, 6.45) is 12.8. The smallest absolute Gasteiger partial charge is 0.104 e. The van der Waals surface area contributed by atoms with Crippen molar-refractivity contribution in [2.75, 3.05) is 19.6 Å². The second-order valence-electron chi connectivity index (χ2n) is 7.17. The summed E-state index contributed by atoms with van der Waals surface area (Å²) in [6.45, 7) is 12.1. The molecule has 0 saturated carbocycles. The van der Waals surface area contributed by atoms with Crippen molar-refractivity contribution in [2.24, 2.45) is 0 Å². The third-order valence-corrected chi connectivity index (χ3v) is 5.44. The van der Waals surface area contributed by atoms with Crippen LogP contribution in [0, 0.1) is 0 Å². The Morgan fingerprint density at radius 2 is 1.17 bits per heavy atom. The molecule has 0 saturated heterocycles. The Hall–Kier alpha value is -0.820. The van der Waals surface area contributed by atoms with Crippen molar-refractivity contribution in [3.63, 3.8) is 0 Å². The van der Waals surface area contributed by atoms with E-state index in [0.717, 1.165) is 0 Å². The summed E-state index contributed by atoms with van der Waals surface area (Å²) in [5.74, 6) is 0. The highest BCUT2D eigenvalue weighted by Crippen LogP contribution is 2.17. The Labute approximate surface area is 145 Å². The van der Waals surface area contributed by atoms with E-state index in [-0.39, 0.29) is 0 Å². The molecule has 0 unspecified atom stereocenters. The topological polar surface area (TPSA) is 0 Å². The number of rotatable bonds is 14. The summed E-state index contributed by atoms with van der Waals surface area (Å²) < 4.78 is 1.25. The van der Waals surface area contributed by atoms with E-state index in [1.807, 2.05) is 0 Å². The Bertz CT molecular complexity index is 367. The molecule has 0 spiro atoms. The van der Waals surface area contributed by atoms with Gasteiger partial charge in [-0.15, -0.1) is 0 Å². The summed E-state index contributed by atoms with van der Waals surface area (Å²) in [5, 5.41) is 0.